The van der Waals surface area contributed by atoms with E-state index in [1.165, 1.54) is 6.92 Å². The zero-order chi connectivity index (χ0) is 36.8. The van der Waals surface area contributed by atoms with Crippen molar-refractivity contribution in [2.75, 3.05) is 0 Å². The highest BCUT2D eigenvalue weighted by Gasteiger charge is 2.40. The zero-order valence-corrected chi connectivity index (χ0v) is 29.6. The minimum atomic E-state index is -1.47. The predicted molar refractivity (Wildman–Crippen MR) is 188 cm³/mol. The van der Waals surface area contributed by atoms with Crippen molar-refractivity contribution in [1.29, 1.82) is 0 Å². The number of alkyl carbamates (subject to hydrolysis) is 1. The van der Waals surface area contributed by atoms with Gasteiger partial charge in [-0.1, -0.05) is 105 Å². The van der Waals surface area contributed by atoms with Crippen LogP contribution in [0.2, 0.25) is 0 Å². The fraction of sp³-hybridized carbons (Fsp3) is 0.410. The summed E-state index contributed by atoms with van der Waals surface area (Å²) in [5.41, 5.74) is 1.17. The highest BCUT2D eigenvalue weighted by molar-refractivity contribution is 6.04. The largest absolute Gasteiger partial charge is 0.459 e. The Morgan fingerprint density at radius 1 is 0.740 bits per heavy atom. The van der Waals surface area contributed by atoms with Crippen LogP contribution < -0.4 is 10.6 Å². The third-order valence-electron chi connectivity index (χ3n) is 7.75. The molecule has 0 aliphatic carbocycles. The Morgan fingerprint density at radius 2 is 1.24 bits per heavy atom. The third kappa shape index (κ3) is 12.8. The number of benzene rings is 3. The molecule has 3 aromatic rings. The molecule has 4 amide bonds. The highest BCUT2D eigenvalue weighted by atomic mass is 16.6. The number of hydrogen-bond donors (Lipinski definition) is 3. The molecule has 0 aliphatic rings. The van der Waals surface area contributed by atoms with E-state index in [0.29, 0.717) is 11.1 Å². The molecule has 0 saturated carbocycles. The molecule has 0 bridgehead atoms. The molecule has 268 valence electrons. The number of amides is 4. The van der Waals surface area contributed by atoms with Gasteiger partial charge in [-0.2, -0.15) is 0 Å². The first kappa shape index (κ1) is 39.4. The Balaban J connectivity index is 2.03. The average molecular weight is 688 g/mol. The monoisotopic (exact) mass is 687 g/mol. The fourth-order valence-electron chi connectivity index (χ4n) is 4.99. The number of hydrogen-bond acceptors (Lipinski definition) is 8. The Kier molecular flexibility index (Phi) is 14.7. The maximum absolute atomic E-state index is 14.6. The van der Waals surface area contributed by atoms with Gasteiger partial charge < -0.3 is 25.2 Å². The lowest BCUT2D eigenvalue weighted by atomic mass is 9.98. The van der Waals surface area contributed by atoms with Gasteiger partial charge in [0.15, 0.2) is 0 Å². The maximum atomic E-state index is 14.6. The summed E-state index contributed by atoms with van der Waals surface area (Å²) in [7, 11) is 0. The van der Waals surface area contributed by atoms with E-state index in [4.69, 9.17) is 9.47 Å². The van der Waals surface area contributed by atoms with Crippen molar-refractivity contribution < 1.29 is 38.6 Å². The summed E-state index contributed by atoms with van der Waals surface area (Å²) in [4.78, 5) is 69.7. The Labute approximate surface area is 294 Å². The van der Waals surface area contributed by atoms with Crippen LogP contribution in [0, 0.1) is 5.92 Å². The molecule has 0 aliphatic heterocycles. The van der Waals surface area contributed by atoms with E-state index in [-0.39, 0.29) is 25.4 Å². The number of carbonyl (C=O) groups excluding carboxylic acids is 5. The van der Waals surface area contributed by atoms with Crippen LogP contribution in [0.1, 0.15) is 64.7 Å². The molecule has 11 heteroatoms. The summed E-state index contributed by atoms with van der Waals surface area (Å²) in [6, 6.07) is 22.8. The number of nitrogens with zero attached hydrogens (tertiary/aromatic N) is 1. The highest BCUT2D eigenvalue weighted by Crippen LogP contribution is 2.19. The molecule has 0 aromatic heterocycles. The van der Waals surface area contributed by atoms with Gasteiger partial charge in [-0.25, -0.2) is 9.59 Å². The molecule has 50 heavy (non-hydrogen) atoms. The second kappa shape index (κ2) is 18.7. The van der Waals surface area contributed by atoms with Crippen molar-refractivity contribution in [3.8, 4) is 0 Å². The van der Waals surface area contributed by atoms with Crippen molar-refractivity contribution in [2.45, 2.75) is 97.2 Å². The maximum Gasteiger partial charge on any atom is 0.408 e. The summed E-state index contributed by atoms with van der Waals surface area (Å²) < 4.78 is 10.9. The molecule has 4 atom stereocenters. The number of ether oxygens (including phenoxy) is 2. The Morgan fingerprint density at radius 3 is 1.74 bits per heavy atom. The van der Waals surface area contributed by atoms with Gasteiger partial charge in [0.25, 0.3) is 5.91 Å². The van der Waals surface area contributed by atoms with E-state index in [0.717, 1.165) is 10.5 Å². The van der Waals surface area contributed by atoms with E-state index in [2.05, 4.69) is 10.6 Å². The van der Waals surface area contributed by atoms with Gasteiger partial charge in [0.2, 0.25) is 11.8 Å². The summed E-state index contributed by atoms with van der Waals surface area (Å²) >= 11 is 0. The molecular weight excluding hydrogens is 638 g/mol. The van der Waals surface area contributed by atoms with Crippen LogP contribution in [-0.4, -0.2) is 69.6 Å². The Hall–Kier alpha value is -5.03. The second-order valence-electron chi connectivity index (χ2n) is 13.5. The predicted octanol–water partition coefficient (Wildman–Crippen LogP) is 4.74. The lowest BCUT2D eigenvalue weighted by Crippen LogP contribution is -2.60. The average Bonchev–Trinajstić information content (AvgIpc) is 3.06. The molecule has 3 rings (SSSR count). The normalized spacial score (nSPS) is 13.7. The van der Waals surface area contributed by atoms with Gasteiger partial charge in [-0.15, -0.1) is 0 Å². The van der Waals surface area contributed by atoms with Gasteiger partial charge in [0, 0.05) is 12.8 Å². The van der Waals surface area contributed by atoms with E-state index in [1.54, 1.807) is 107 Å². The van der Waals surface area contributed by atoms with Crippen molar-refractivity contribution in [3.05, 3.63) is 108 Å². The van der Waals surface area contributed by atoms with Crippen molar-refractivity contribution >= 4 is 29.8 Å². The lowest BCUT2D eigenvalue weighted by molar-refractivity contribution is -0.155. The quantitative estimate of drug-likeness (QED) is 0.194. The third-order valence-corrected chi connectivity index (χ3v) is 7.75. The van der Waals surface area contributed by atoms with Crippen molar-refractivity contribution in [3.63, 3.8) is 0 Å². The van der Waals surface area contributed by atoms with E-state index < -0.39 is 66.0 Å². The van der Waals surface area contributed by atoms with Crippen LogP contribution in [0.3, 0.4) is 0 Å². The van der Waals surface area contributed by atoms with Crippen LogP contribution in [0.25, 0.3) is 0 Å². The zero-order valence-electron chi connectivity index (χ0n) is 29.6. The molecule has 3 N–H and O–H groups in total. The molecule has 0 saturated heterocycles. The van der Waals surface area contributed by atoms with Gasteiger partial charge in [-0.05, 0) is 50.3 Å². The Bertz CT molecular complexity index is 1560. The number of aliphatic hydroxyl groups excluding tert-OH is 1. The molecule has 0 unspecified atom stereocenters. The summed E-state index contributed by atoms with van der Waals surface area (Å²) in [6.07, 6.45) is -2.63. The molecule has 3 aromatic carbocycles. The minimum absolute atomic E-state index is 0.0129. The smallest absolute Gasteiger partial charge is 0.408 e. The van der Waals surface area contributed by atoms with Crippen LogP contribution in [0.4, 0.5) is 4.79 Å². The molecular formula is C39H49N3O8. The number of esters is 1. The molecule has 0 fully saturated rings. The molecule has 11 nitrogen and oxygen atoms in total. The summed E-state index contributed by atoms with van der Waals surface area (Å²) in [5.74, 6) is -3.55. The SMILES string of the molecule is CC(C)[C@@H](O)CC(=O)N(C(=O)[C@@H](Cc1ccccc1)NC(=O)OC(C)(C)C)[C@H](Cc1ccccc1)C(=O)N[C@H](C)C(=O)OCc1ccccc1. The van der Waals surface area contributed by atoms with Crippen LogP contribution in [0.5, 0.6) is 0 Å². The molecule has 0 radical (unpaired) electrons. The van der Waals surface area contributed by atoms with Crippen molar-refractivity contribution in [2.24, 2.45) is 5.92 Å². The fourth-order valence-corrected chi connectivity index (χ4v) is 4.99. The lowest BCUT2D eigenvalue weighted by Gasteiger charge is -2.34. The number of carbonyl (C=O) groups is 5. The second-order valence-corrected chi connectivity index (χ2v) is 13.5. The molecule has 0 spiro atoms. The summed E-state index contributed by atoms with van der Waals surface area (Å²) in [5, 5.41) is 16.0. The topological polar surface area (TPSA) is 151 Å². The first-order valence-corrected chi connectivity index (χ1v) is 16.8. The van der Waals surface area contributed by atoms with Gasteiger partial charge in [-0.3, -0.25) is 19.3 Å². The number of nitrogens with one attached hydrogen (secondary N) is 2. The van der Waals surface area contributed by atoms with Crippen molar-refractivity contribution in [1.82, 2.24) is 15.5 Å². The van der Waals surface area contributed by atoms with E-state index in [9.17, 15) is 29.1 Å². The van der Waals surface area contributed by atoms with Gasteiger partial charge in [0.1, 0.15) is 30.3 Å². The summed E-state index contributed by atoms with van der Waals surface area (Å²) in [6.45, 7) is 9.92. The van der Waals surface area contributed by atoms with Crippen LogP contribution in [-0.2, 0) is 48.1 Å². The van der Waals surface area contributed by atoms with Crippen LogP contribution >= 0.6 is 0 Å². The number of rotatable bonds is 15. The minimum Gasteiger partial charge on any atom is -0.459 e. The first-order chi connectivity index (χ1) is 23.6. The standard InChI is InChI=1S/C39H49N3O8/c1-26(2)33(43)24-34(44)42(36(46)31(22-28-16-10-7-11-17-28)41-38(48)50-39(4,5)6)32(23-29-18-12-8-13-19-29)35(45)40-27(3)37(47)49-25-30-20-14-9-15-21-30/h7-21,26-27,31-33,43H,22-25H2,1-6H3,(H,40,45)(H,41,48)/t27-,31-,32-,33+/m1/s1. The van der Waals surface area contributed by atoms with Gasteiger partial charge in [0.05, 0.1) is 12.5 Å². The molecule has 0 heterocycles. The number of aliphatic hydroxyl groups is 1. The number of imide groups is 1. The van der Waals surface area contributed by atoms with Crippen LogP contribution in [0.15, 0.2) is 91.0 Å². The van der Waals surface area contributed by atoms with E-state index >= 15 is 0 Å². The first-order valence-electron chi connectivity index (χ1n) is 16.8. The van der Waals surface area contributed by atoms with Gasteiger partial charge >= 0.3 is 12.1 Å². The van der Waals surface area contributed by atoms with E-state index in [1.807, 2.05) is 18.2 Å².